The zero-order valence-corrected chi connectivity index (χ0v) is 21.9. The van der Waals surface area contributed by atoms with Gasteiger partial charge >= 0.3 is 0 Å². The third-order valence-electron chi connectivity index (χ3n) is 6.25. The Morgan fingerprint density at radius 1 is 1.21 bits per heavy atom. The molecule has 0 amide bonds. The Morgan fingerprint density at radius 3 is 2.85 bits per heavy atom. The molecule has 2 aliphatic rings. The minimum absolute atomic E-state index is 0.0467. The minimum atomic E-state index is -0.142. The van der Waals surface area contributed by atoms with Gasteiger partial charge in [-0.3, -0.25) is 9.36 Å². The molecule has 0 unspecified atom stereocenters. The van der Waals surface area contributed by atoms with Crippen molar-refractivity contribution >= 4 is 57.0 Å². The summed E-state index contributed by atoms with van der Waals surface area (Å²) in [6, 6.07) is 16.0. The molecule has 0 radical (unpaired) electrons. The second kappa shape index (κ2) is 8.51. The van der Waals surface area contributed by atoms with Gasteiger partial charge in [0, 0.05) is 10.4 Å². The van der Waals surface area contributed by atoms with Gasteiger partial charge in [-0.05, 0) is 81.8 Å². The van der Waals surface area contributed by atoms with E-state index in [-0.39, 0.29) is 17.4 Å². The van der Waals surface area contributed by atoms with E-state index in [0.717, 1.165) is 29.0 Å². The van der Waals surface area contributed by atoms with E-state index in [4.69, 9.17) is 9.73 Å². The molecule has 3 heterocycles. The van der Waals surface area contributed by atoms with E-state index >= 15 is 0 Å². The van der Waals surface area contributed by atoms with E-state index in [1.165, 1.54) is 35.1 Å². The van der Waals surface area contributed by atoms with Gasteiger partial charge in [-0.25, -0.2) is 4.99 Å². The lowest BCUT2D eigenvalue weighted by Gasteiger charge is -2.30. The van der Waals surface area contributed by atoms with Crippen LogP contribution < -0.4 is 19.6 Å². The van der Waals surface area contributed by atoms with Gasteiger partial charge in [0.1, 0.15) is 0 Å². The first kappa shape index (κ1) is 21.8. The summed E-state index contributed by atoms with van der Waals surface area (Å²) in [7, 11) is 1.52. The summed E-state index contributed by atoms with van der Waals surface area (Å²) in [5.41, 5.74) is 5.44. The molecule has 1 aliphatic heterocycles. The summed E-state index contributed by atoms with van der Waals surface area (Å²) in [4.78, 5) is 20.6. The molecule has 0 fully saturated rings. The summed E-state index contributed by atoms with van der Waals surface area (Å²) in [6.07, 6.45) is 3.69. The molecule has 0 spiro atoms. The van der Waals surface area contributed by atoms with Crippen molar-refractivity contribution in [2.75, 3.05) is 7.11 Å². The number of aryl methyl sites for hydroxylation is 1. The number of rotatable bonds is 3. The molecule has 5 nitrogen and oxygen atoms in total. The van der Waals surface area contributed by atoms with Gasteiger partial charge in [0.05, 0.1) is 27.0 Å². The Labute approximate surface area is 217 Å². The lowest BCUT2D eigenvalue weighted by Crippen LogP contribution is -2.38. The number of methoxy groups -OCH3 is 1. The van der Waals surface area contributed by atoms with Crippen LogP contribution in [0.4, 0.5) is 0 Å². The predicted octanol–water partition coefficient (Wildman–Crippen LogP) is 4.70. The van der Waals surface area contributed by atoms with Gasteiger partial charge in [-0.15, -0.1) is 11.3 Å². The maximum absolute atomic E-state index is 13.7. The standard InChI is InChI=1S/C26H19IN2O3S2/c1-32-19-12-14(11-18(27)24(19)30)13-21-25(31)29-23(20-7-4-10-33-20)17-9-8-15-5-2-3-6-16(15)22(17)28-26(29)34-21/h2-7,10-13,23,30H,8-9H2,1H3/b21-13+/t23-/m1/s1. The van der Waals surface area contributed by atoms with Gasteiger partial charge in [0.2, 0.25) is 0 Å². The number of nitrogens with zero attached hydrogens (tertiary/aromatic N) is 2. The van der Waals surface area contributed by atoms with Crippen molar-refractivity contribution in [3.63, 3.8) is 0 Å². The second-order valence-electron chi connectivity index (χ2n) is 8.18. The smallest absolute Gasteiger partial charge is 0.271 e. The molecule has 2 aromatic heterocycles. The molecule has 1 aliphatic carbocycles. The van der Waals surface area contributed by atoms with Crippen molar-refractivity contribution < 1.29 is 9.84 Å². The number of aromatic hydroxyl groups is 1. The number of hydrogen-bond donors (Lipinski definition) is 1. The highest BCUT2D eigenvalue weighted by atomic mass is 127. The van der Waals surface area contributed by atoms with Crippen LogP contribution >= 0.6 is 45.3 Å². The van der Waals surface area contributed by atoms with Crippen LogP contribution in [-0.2, 0) is 6.42 Å². The molecule has 1 atom stereocenters. The highest BCUT2D eigenvalue weighted by Crippen LogP contribution is 2.42. The molecular weight excluding hydrogens is 579 g/mol. The van der Waals surface area contributed by atoms with E-state index in [1.54, 1.807) is 17.4 Å². The normalized spacial score (nSPS) is 17.1. The zero-order chi connectivity index (χ0) is 23.4. The molecule has 4 aromatic rings. The zero-order valence-electron chi connectivity index (χ0n) is 18.1. The number of thiophene rings is 1. The number of aromatic nitrogens is 1. The number of benzene rings is 2. The van der Waals surface area contributed by atoms with Gasteiger partial charge in [0.25, 0.3) is 5.56 Å². The quantitative estimate of drug-likeness (QED) is 0.348. The average molecular weight is 598 g/mol. The molecule has 0 saturated heterocycles. The van der Waals surface area contributed by atoms with Crippen molar-refractivity contribution in [1.29, 1.82) is 0 Å². The summed E-state index contributed by atoms with van der Waals surface area (Å²) >= 11 is 5.14. The number of allylic oxidation sites excluding steroid dienone is 1. The van der Waals surface area contributed by atoms with E-state index in [2.05, 4.69) is 58.3 Å². The van der Waals surface area contributed by atoms with Crippen LogP contribution in [0.15, 0.2) is 69.3 Å². The number of phenolic OH excluding ortho intramolecular Hbond substituents is 1. The SMILES string of the molecule is COc1cc(/C=c2/sc3n(c2=O)[C@@H](c2cccs2)C2=C(N=3)c3ccccc3CC2)cc(I)c1O. The Morgan fingerprint density at radius 2 is 2.06 bits per heavy atom. The molecule has 8 heteroatoms. The highest BCUT2D eigenvalue weighted by Gasteiger charge is 2.33. The number of phenols is 1. The van der Waals surface area contributed by atoms with Crippen LogP contribution in [0.1, 0.15) is 34.0 Å². The Kier molecular flexibility index (Phi) is 5.46. The summed E-state index contributed by atoms with van der Waals surface area (Å²) < 4.78 is 8.43. The summed E-state index contributed by atoms with van der Waals surface area (Å²) in [5, 5.41) is 12.2. The van der Waals surface area contributed by atoms with Crippen LogP contribution in [0.2, 0.25) is 0 Å². The number of thiazole rings is 1. The van der Waals surface area contributed by atoms with Crippen molar-refractivity contribution in [2.45, 2.75) is 18.9 Å². The van der Waals surface area contributed by atoms with E-state index in [1.807, 2.05) is 22.8 Å². The molecule has 170 valence electrons. The van der Waals surface area contributed by atoms with Crippen LogP contribution in [0.25, 0.3) is 11.8 Å². The number of fused-ring (bicyclic) bond motifs is 3. The van der Waals surface area contributed by atoms with Crippen LogP contribution in [0.3, 0.4) is 0 Å². The fourth-order valence-corrected chi connectivity index (χ4v) is 7.18. The fourth-order valence-electron chi connectivity index (χ4n) is 4.70. The van der Waals surface area contributed by atoms with Gasteiger partial charge in [0.15, 0.2) is 16.3 Å². The Hall–Kier alpha value is -2.69. The van der Waals surface area contributed by atoms with Gasteiger partial charge < -0.3 is 9.84 Å². The Bertz CT molecular complexity index is 1650. The lowest BCUT2D eigenvalue weighted by atomic mass is 9.85. The van der Waals surface area contributed by atoms with Crippen molar-refractivity contribution in [3.8, 4) is 11.5 Å². The van der Waals surface area contributed by atoms with Crippen molar-refractivity contribution in [3.05, 3.63) is 104 Å². The molecule has 2 aromatic carbocycles. The second-order valence-corrected chi connectivity index (χ2v) is 11.3. The first-order valence-electron chi connectivity index (χ1n) is 10.8. The topological polar surface area (TPSA) is 63.8 Å². The van der Waals surface area contributed by atoms with E-state index < -0.39 is 0 Å². The average Bonchev–Trinajstić information content (AvgIpc) is 3.48. The first-order valence-corrected chi connectivity index (χ1v) is 13.6. The van der Waals surface area contributed by atoms with Crippen LogP contribution in [0, 0.1) is 3.57 Å². The van der Waals surface area contributed by atoms with Gasteiger partial charge in [-0.1, -0.05) is 41.7 Å². The molecular formula is C26H19IN2O3S2. The number of hydrogen-bond acceptors (Lipinski definition) is 6. The van der Waals surface area contributed by atoms with Gasteiger partial charge in [-0.2, -0.15) is 0 Å². The summed E-state index contributed by atoms with van der Waals surface area (Å²) in [5.74, 6) is 0.486. The van der Waals surface area contributed by atoms with Crippen molar-refractivity contribution in [1.82, 2.24) is 4.57 Å². The number of ether oxygens (including phenoxy) is 1. The largest absolute Gasteiger partial charge is 0.504 e. The maximum atomic E-state index is 13.7. The third-order valence-corrected chi connectivity index (χ3v) is 8.98. The summed E-state index contributed by atoms with van der Waals surface area (Å²) in [6.45, 7) is 0. The maximum Gasteiger partial charge on any atom is 0.271 e. The fraction of sp³-hybridized carbons (Fsp3) is 0.154. The molecule has 6 rings (SSSR count). The monoisotopic (exact) mass is 598 g/mol. The minimum Gasteiger partial charge on any atom is -0.504 e. The van der Waals surface area contributed by atoms with Crippen LogP contribution in [0.5, 0.6) is 11.5 Å². The molecule has 34 heavy (non-hydrogen) atoms. The highest BCUT2D eigenvalue weighted by molar-refractivity contribution is 14.1. The molecule has 1 N–H and O–H groups in total. The first-order chi connectivity index (χ1) is 16.5. The molecule has 0 bridgehead atoms. The molecule has 0 saturated carbocycles. The van der Waals surface area contributed by atoms with E-state index in [9.17, 15) is 9.90 Å². The van der Waals surface area contributed by atoms with E-state index in [0.29, 0.717) is 18.7 Å². The number of halogens is 1. The van der Waals surface area contributed by atoms with Crippen LogP contribution in [-0.4, -0.2) is 16.8 Å². The lowest BCUT2D eigenvalue weighted by molar-refractivity contribution is 0.371. The third kappa shape index (κ3) is 3.47. The predicted molar refractivity (Wildman–Crippen MR) is 144 cm³/mol. The van der Waals surface area contributed by atoms with Crippen molar-refractivity contribution in [2.24, 2.45) is 4.99 Å². The Balaban J connectivity index is 1.60.